The molecule has 2 saturated heterocycles. The highest BCUT2D eigenvalue weighted by Gasteiger charge is 2.22. The Bertz CT molecular complexity index is 245. The summed E-state index contributed by atoms with van der Waals surface area (Å²) in [6.07, 6.45) is 5.98. The minimum atomic E-state index is 0.0505. The summed E-state index contributed by atoms with van der Waals surface area (Å²) in [5.41, 5.74) is 0. The average Bonchev–Trinajstić information content (AvgIpc) is 2.90. The Balaban J connectivity index is 1.67. The van der Waals surface area contributed by atoms with Crippen molar-refractivity contribution < 1.29 is 4.79 Å². The molecule has 2 heterocycles. The van der Waals surface area contributed by atoms with Gasteiger partial charge in [0, 0.05) is 12.6 Å². The molecule has 2 aliphatic rings. The third-order valence-corrected chi connectivity index (χ3v) is 3.96. The summed E-state index contributed by atoms with van der Waals surface area (Å²) in [5.74, 6) is 0.191. The van der Waals surface area contributed by atoms with Gasteiger partial charge in [0.05, 0.1) is 6.04 Å². The van der Waals surface area contributed by atoms with E-state index in [0.717, 1.165) is 19.5 Å². The van der Waals surface area contributed by atoms with E-state index in [2.05, 4.69) is 22.5 Å². The zero-order chi connectivity index (χ0) is 12.1. The van der Waals surface area contributed by atoms with Crippen molar-refractivity contribution >= 4 is 5.91 Å². The zero-order valence-electron chi connectivity index (χ0n) is 10.9. The largest absolute Gasteiger partial charge is 0.353 e. The molecule has 1 amide bonds. The fourth-order valence-corrected chi connectivity index (χ4v) is 2.76. The van der Waals surface area contributed by atoms with Crippen molar-refractivity contribution in [2.75, 3.05) is 26.2 Å². The summed E-state index contributed by atoms with van der Waals surface area (Å²) in [4.78, 5) is 14.4. The number of rotatable bonds is 4. The Labute approximate surface area is 104 Å². The standard InChI is InChI=1S/C13H25N3O/c1-11(16-8-4-5-9-16)10-15-13(17)12-6-2-3-7-14-12/h11-12,14H,2-10H2,1H3,(H,15,17)/t11?,12-/m0/s1. The lowest BCUT2D eigenvalue weighted by atomic mass is 10.0. The molecule has 2 aliphatic heterocycles. The normalized spacial score (nSPS) is 27.9. The van der Waals surface area contributed by atoms with Gasteiger partial charge in [-0.05, 0) is 52.2 Å². The van der Waals surface area contributed by atoms with Crippen molar-refractivity contribution in [2.24, 2.45) is 0 Å². The fourth-order valence-electron chi connectivity index (χ4n) is 2.76. The summed E-state index contributed by atoms with van der Waals surface area (Å²) in [6, 6.07) is 0.527. The van der Waals surface area contributed by atoms with E-state index in [1.807, 2.05) is 0 Å². The van der Waals surface area contributed by atoms with E-state index in [1.165, 1.54) is 38.8 Å². The smallest absolute Gasteiger partial charge is 0.237 e. The Morgan fingerprint density at radius 3 is 2.76 bits per heavy atom. The maximum absolute atomic E-state index is 11.9. The number of likely N-dealkylation sites (tertiary alicyclic amines) is 1. The minimum absolute atomic E-state index is 0.0505. The van der Waals surface area contributed by atoms with E-state index in [0.29, 0.717) is 6.04 Å². The molecule has 2 fully saturated rings. The van der Waals surface area contributed by atoms with Crippen LogP contribution in [0.2, 0.25) is 0 Å². The van der Waals surface area contributed by atoms with E-state index >= 15 is 0 Å². The second-order valence-corrected chi connectivity index (χ2v) is 5.34. The first-order valence-corrected chi connectivity index (χ1v) is 7.02. The van der Waals surface area contributed by atoms with E-state index < -0.39 is 0 Å². The summed E-state index contributed by atoms with van der Waals surface area (Å²) in [6.45, 7) is 6.37. The fraction of sp³-hybridized carbons (Fsp3) is 0.923. The molecule has 0 spiro atoms. The van der Waals surface area contributed by atoms with Gasteiger partial charge in [0.2, 0.25) is 5.91 Å². The lowest BCUT2D eigenvalue weighted by Crippen LogP contribution is -2.49. The summed E-state index contributed by atoms with van der Waals surface area (Å²) < 4.78 is 0. The van der Waals surface area contributed by atoms with Gasteiger partial charge >= 0.3 is 0 Å². The van der Waals surface area contributed by atoms with Gasteiger partial charge in [-0.25, -0.2) is 0 Å². The first-order valence-electron chi connectivity index (χ1n) is 7.02. The average molecular weight is 239 g/mol. The maximum atomic E-state index is 11.9. The number of nitrogens with one attached hydrogen (secondary N) is 2. The third kappa shape index (κ3) is 3.68. The van der Waals surface area contributed by atoms with E-state index in [4.69, 9.17) is 0 Å². The van der Waals surface area contributed by atoms with E-state index in [-0.39, 0.29) is 11.9 Å². The van der Waals surface area contributed by atoms with Crippen molar-refractivity contribution in [3.63, 3.8) is 0 Å². The van der Waals surface area contributed by atoms with Gasteiger partial charge in [0.25, 0.3) is 0 Å². The van der Waals surface area contributed by atoms with Crippen LogP contribution in [0.1, 0.15) is 39.0 Å². The SMILES string of the molecule is CC(CNC(=O)[C@@H]1CCCCN1)N1CCCC1. The molecule has 0 aromatic carbocycles. The van der Waals surface area contributed by atoms with Crippen LogP contribution in [-0.2, 0) is 4.79 Å². The third-order valence-electron chi connectivity index (χ3n) is 3.96. The number of hydrogen-bond donors (Lipinski definition) is 2. The second kappa shape index (κ2) is 6.36. The lowest BCUT2D eigenvalue weighted by molar-refractivity contribution is -0.123. The Hall–Kier alpha value is -0.610. The van der Waals surface area contributed by atoms with Crippen molar-refractivity contribution in [1.82, 2.24) is 15.5 Å². The number of carbonyl (C=O) groups excluding carboxylic acids is 1. The van der Waals surface area contributed by atoms with Gasteiger partial charge < -0.3 is 10.6 Å². The van der Waals surface area contributed by atoms with Crippen molar-refractivity contribution in [3.05, 3.63) is 0 Å². The van der Waals surface area contributed by atoms with Crippen LogP contribution in [0.25, 0.3) is 0 Å². The number of amides is 1. The van der Waals surface area contributed by atoms with E-state index in [1.54, 1.807) is 0 Å². The number of hydrogen-bond acceptors (Lipinski definition) is 3. The van der Waals surface area contributed by atoms with E-state index in [9.17, 15) is 4.79 Å². The molecule has 2 atom stereocenters. The van der Waals surface area contributed by atoms with Gasteiger partial charge in [-0.15, -0.1) is 0 Å². The van der Waals surface area contributed by atoms with Crippen LogP contribution < -0.4 is 10.6 Å². The molecule has 0 aromatic heterocycles. The Kier molecular flexibility index (Phi) is 4.80. The first-order chi connectivity index (χ1) is 8.27. The highest BCUT2D eigenvalue weighted by Crippen LogP contribution is 2.11. The van der Waals surface area contributed by atoms with Crippen LogP contribution >= 0.6 is 0 Å². The number of carbonyl (C=O) groups is 1. The molecule has 0 saturated carbocycles. The quantitative estimate of drug-likeness (QED) is 0.760. The second-order valence-electron chi connectivity index (χ2n) is 5.34. The summed E-state index contributed by atoms with van der Waals surface area (Å²) >= 11 is 0. The summed E-state index contributed by atoms with van der Waals surface area (Å²) in [7, 11) is 0. The molecular weight excluding hydrogens is 214 g/mol. The molecule has 4 heteroatoms. The predicted molar refractivity (Wildman–Crippen MR) is 68.9 cm³/mol. The molecule has 0 aromatic rings. The maximum Gasteiger partial charge on any atom is 0.237 e. The molecule has 0 bridgehead atoms. The molecule has 17 heavy (non-hydrogen) atoms. The van der Waals surface area contributed by atoms with Crippen LogP contribution in [0.3, 0.4) is 0 Å². The van der Waals surface area contributed by atoms with Crippen LogP contribution in [0.15, 0.2) is 0 Å². The zero-order valence-corrected chi connectivity index (χ0v) is 10.9. The van der Waals surface area contributed by atoms with Gasteiger partial charge in [0.1, 0.15) is 0 Å². The Morgan fingerprint density at radius 2 is 2.12 bits per heavy atom. The predicted octanol–water partition coefficient (Wildman–Crippen LogP) is 0.729. The number of nitrogens with zero attached hydrogens (tertiary/aromatic N) is 1. The molecule has 0 aliphatic carbocycles. The first kappa shape index (κ1) is 12.8. The van der Waals surface area contributed by atoms with Crippen LogP contribution in [-0.4, -0.2) is 49.1 Å². The molecule has 98 valence electrons. The van der Waals surface area contributed by atoms with Gasteiger partial charge in [-0.2, -0.15) is 0 Å². The highest BCUT2D eigenvalue weighted by atomic mass is 16.2. The number of piperidine rings is 1. The molecule has 1 unspecified atom stereocenters. The topological polar surface area (TPSA) is 44.4 Å². The monoisotopic (exact) mass is 239 g/mol. The van der Waals surface area contributed by atoms with Crippen molar-refractivity contribution in [3.8, 4) is 0 Å². The van der Waals surface area contributed by atoms with Crippen LogP contribution in [0.5, 0.6) is 0 Å². The Morgan fingerprint density at radius 1 is 1.35 bits per heavy atom. The van der Waals surface area contributed by atoms with Gasteiger partial charge in [-0.3, -0.25) is 9.69 Å². The molecule has 2 rings (SSSR count). The van der Waals surface area contributed by atoms with Crippen LogP contribution in [0.4, 0.5) is 0 Å². The van der Waals surface area contributed by atoms with Crippen molar-refractivity contribution in [1.29, 1.82) is 0 Å². The lowest BCUT2D eigenvalue weighted by Gasteiger charge is -2.26. The molecular formula is C13H25N3O. The van der Waals surface area contributed by atoms with Gasteiger partial charge in [0.15, 0.2) is 0 Å². The van der Waals surface area contributed by atoms with Crippen LogP contribution in [0, 0.1) is 0 Å². The molecule has 2 N–H and O–H groups in total. The van der Waals surface area contributed by atoms with Crippen molar-refractivity contribution in [2.45, 2.75) is 51.1 Å². The highest BCUT2D eigenvalue weighted by molar-refractivity contribution is 5.81. The minimum Gasteiger partial charge on any atom is -0.353 e. The molecule has 0 radical (unpaired) electrons. The molecule has 4 nitrogen and oxygen atoms in total. The summed E-state index contributed by atoms with van der Waals surface area (Å²) in [5, 5.41) is 6.37. The van der Waals surface area contributed by atoms with Gasteiger partial charge in [-0.1, -0.05) is 6.42 Å².